The highest BCUT2D eigenvalue weighted by Crippen LogP contribution is 2.22. The SMILES string of the molecule is C[C@H]1CN(c2ccnc(C(=O)NCC(F)(F)C(F)F)c2)C[C@H](C)O1. The fraction of sp³-hybridized carbons (Fsp3) is 0.600. The Labute approximate surface area is 137 Å². The molecule has 0 aromatic carbocycles. The lowest BCUT2D eigenvalue weighted by Gasteiger charge is -2.36. The number of morpholine rings is 1. The van der Waals surface area contributed by atoms with E-state index in [9.17, 15) is 22.4 Å². The summed E-state index contributed by atoms with van der Waals surface area (Å²) in [6.07, 6.45) is -2.46. The molecule has 1 saturated heterocycles. The van der Waals surface area contributed by atoms with Gasteiger partial charge in [-0.15, -0.1) is 0 Å². The molecule has 1 aliphatic rings. The topological polar surface area (TPSA) is 54.5 Å². The Morgan fingerprint density at radius 3 is 2.62 bits per heavy atom. The van der Waals surface area contributed by atoms with Gasteiger partial charge in [-0.3, -0.25) is 9.78 Å². The molecule has 0 saturated carbocycles. The van der Waals surface area contributed by atoms with Gasteiger partial charge < -0.3 is 15.0 Å². The van der Waals surface area contributed by atoms with Crippen LogP contribution in [0.15, 0.2) is 18.3 Å². The summed E-state index contributed by atoms with van der Waals surface area (Å²) in [5.74, 6) is -5.20. The molecule has 134 valence electrons. The van der Waals surface area contributed by atoms with Crippen LogP contribution in [0.2, 0.25) is 0 Å². The molecule has 9 heteroatoms. The Balaban J connectivity index is 2.05. The van der Waals surface area contributed by atoms with Crippen LogP contribution in [0.25, 0.3) is 0 Å². The summed E-state index contributed by atoms with van der Waals surface area (Å²) in [6.45, 7) is 3.62. The van der Waals surface area contributed by atoms with Crippen molar-refractivity contribution in [1.29, 1.82) is 0 Å². The molecule has 5 nitrogen and oxygen atoms in total. The second-order valence-corrected chi connectivity index (χ2v) is 5.81. The van der Waals surface area contributed by atoms with Gasteiger partial charge in [-0.2, -0.15) is 8.78 Å². The first-order chi connectivity index (χ1) is 11.2. The van der Waals surface area contributed by atoms with E-state index in [1.807, 2.05) is 18.7 Å². The van der Waals surface area contributed by atoms with Gasteiger partial charge in [0, 0.05) is 25.0 Å². The van der Waals surface area contributed by atoms with Gasteiger partial charge in [0.25, 0.3) is 5.91 Å². The van der Waals surface area contributed by atoms with E-state index in [4.69, 9.17) is 4.74 Å². The maximum absolute atomic E-state index is 12.9. The first kappa shape index (κ1) is 18.4. The Kier molecular flexibility index (Phi) is 5.63. The Hall–Kier alpha value is -1.90. The number of hydrogen-bond donors (Lipinski definition) is 1. The van der Waals surface area contributed by atoms with Crippen LogP contribution in [0.4, 0.5) is 23.2 Å². The smallest absolute Gasteiger partial charge is 0.324 e. The van der Waals surface area contributed by atoms with Crippen LogP contribution < -0.4 is 10.2 Å². The molecule has 1 aromatic rings. The summed E-state index contributed by atoms with van der Waals surface area (Å²) < 4.78 is 55.6. The summed E-state index contributed by atoms with van der Waals surface area (Å²) in [4.78, 5) is 17.7. The van der Waals surface area contributed by atoms with Gasteiger partial charge in [0.1, 0.15) is 5.69 Å². The van der Waals surface area contributed by atoms with Crippen molar-refractivity contribution in [2.45, 2.75) is 38.4 Å². The summed E-state index contributed by atoms with van der Waals surface area (Å²) in [5.41, 5.74) is 0.585. The molecule has 2 atom stereocenters. The number of nitrogens with one attached hydrogen (secondary N) is 1. The third kappa shape index (κ3) is 4.56. The van der Waals surface area contributed by atoms with E-state index >= 15 is 0 Å². The lowest BCUT2D eigenvalue weighted by molar-refractivity contribution is -0.123. The number of hydrogen-bond acceptors (Lipinski definition) is 4. The van der Waals surface area contributed by atoms with E-state index < -0.39 is 24.8 Å². The second-order valence-electron chi connectivity index (χ2n) is 5.81. The largest absolute Gasteiger partial charge is 0.372 e. The number of halogens is 4. The van der Waals surface area contributed by atoms with Gasteiger partial charge in [0.2, 0.25) is 0 Å². The number of pyridine rings is 1. The van der Waals surface area contributed by atoms with Gasteiger partial charge in [-0.05, 0) is 26.0 Å². The fourth-order valence-electron chi connectivity index (χ4n) is 2.49. The number of alkyl halides is 4. The monoisotopic (exact) mass is 349 g/mol. The highest BCUT2D eigenvalue weighted by Gasteiger charge is 2.41. The average molecular weight is 349 g/mol. The number of aromatic nitrogens is 1. The molecule has 0 unspecified atom stereocenters. The minimum absolute atomic E-state index is 0.00363. The van der Waals surface area contributed by atoms with E-state index in [-0.39, 0.29) is 17.9 Å². The number of carbonyl (C=O) groups is 1. The highest BCUT2D eigenvalue weighted by atomic mass is 19.3. The minimum atomic E-state index is -4.28. The molecule has 1 N–H and O–H groups in total. The van der Waals surface area contributed by atoms with Crippen molar-refractivity contribution in [2.24, 2.45) is 0 Å². The van der Waals surface area contributed by atoms with Crippen LogP contribution in [0.5, 0.6) is 0 Å². The summed E-state index contributed by atoms with van der Waals surface area (Å²) >= 11 is 0. The lowest BCUT2D eigenvalue weighted by atomic mass is 10.2. The maximum atomic E-state index is 12.9. The molecule has 1 aliphatic heterocycles. The molecule has 2 rings (SSSR count). The van der Waals surface area contributed by atoms with Crippen molar-refractivity contribution in [3.05, 3.63) is 24.0 Å². The van der Waals surface area contributed by atoms with Crippen molar-refractivity contribution in [2.75, 3.05) is 24.5 Å². The molecule has 0 spiro atoms. The average Bonchev–Trinajstić information content (AvgIpc) is 2.51. The van der Waals surface area contributed by atoms with Crippen molar-refractivity contribution >= 4 is 11.6 Å². The molecular formula is C15H19F4N3O2. The van der Waals surface area contributed by atoms with E-state index in [1.54, 1.807) is 11.4 Å². The van der Waals surface area contributed by atoms with Crippen molar-refractivity contribution in [1.82, 2.24) is 10.3 Å². The maximum Gasteiger partial charge on any atom is 0.324 e. The van der Waals surface area contributed by atoms with Crippen molar-refractivity contribution < 1.29 is 27.1 Å². The Morgan fingerprint density at radius 1 is 1.42 bits per heavy atom. The van der Waals surface area contributed by atoms with Crippen LogP contribution in [0, 0.1) is 0 Å². The molecule has 0 aliphatic carbocycles. The molecule has 1 aromatic heterocycles. The molecule has 2 heterocycles. The minimum Gasteiger partial charge on any atom is -0.372 e. The normalized spacial score (nSPS) is 21.9. The number of carbonyl (C=O) groups excluding carboxylic acids is 1. The van der Waals surface area contributed by atoms with Crippen LogP contribution in [0.3, 0.4) is 0 Å². The standard InChI is InChI=1S/C15H19F4N3O2/c1-9-6-22(7-10(2)24-9)11-3-4-20-12(5-11)13(23)21-8-15(18,19)14(16)17/h3-5,9-10,14H,6-8H2,1-2H3,(H,21,23)/t9-,10-/m0/s1. The number of ether oxygens (including phenoxy) is 1. The van der Waals surface area contributed by atoms with E-state index in [1.165, 1.54) is 12.3 Å². The van der Waals surface area contributed by atoms with Gasteiger partial charge in [0.15, 0.2) is 0 Å². The zero-order valence-electron chi connectivity index (χ0n) is 13.3. The number of nitrogens with zero attached hydrogens (tertiary/aromatic N) is 2. The molecular weight excluding hydrogens is 330 g/mol. The second kappa shape index (κ2) is 7.33. The van der Waals surface area contributed by atoms with Crippen LogP contribution in [0.1, 0.15) is 24.3 Å². The van der Waals surface area contributed by atoms with Gasteiger partial charge in [-0.25, -0.2) is 8.78 Å². The summed E-state index contributed by atoms with van der Waals surface area (Å²) in [7, 11) is 0. The first-order valence-corrected chi connectivity index (χ1v) is 7.49. The highest BCUT2D eigenvalue weighted by molar-refractivity contribution is 5.93. The molecule has 0 bridgehead atoms. The van der Waals surface area contributed by atoms with Crippen LogP contribution in [-0.2, 0) is 4.74 Å². The van der Waals surface area contributed by atoms with Crippen molar-refractivity contribution in [3.8, 4) is 0 Å². The third-order valence-corrected chi connectivity index (χ3v) is 3.56. The molecule has 1 fully saturated rings. The molecule has 1 amide bonds. The molecule has 24 heavy (non-hydrogen) atoms. The third-order valence-electron chi connectivity index (χ3n) is 3.56. The van der Waals surface area contributed by atoms with Gasteiger partial charge in [0.05, 0.1) is 18.8 Å². The zero-order valence-corrected chi connectivity index (χ0v) is 13.3. The fourth-order valence-corrected chi connectivity index (χ4v) is 2.49. The number of rotatable bonds is 5. The van der Waals surface area contributed by atoms with Gasteiger partial charge in [-0.1, -0.05) is 0 Å². The predicted octanol–water partition coefficient (Wildman–Crippen LogP) is 2.33. The zero-order chi connectivity index (χ0) is 17.9. The lowest BCUT2D eigenvalue weighted by Crippen LogP contribution is -2.45. The van der Waals surface area contributed by atoms with Crippen molar-refractivity contribution in [3.63, 3.8) is 0 Å². The Bertz CT molecular complexity index is 576. The number of anilines is 1. The van der Waals surface area contributed by atoms with Crippen LogP contribution in [-0.4, -0.2) is 55.1 Å². The summed E-state index contributed by atoms with van der Waals surface area (Å²) in [5, 5.41) is 1.79. The van der Waals surface area contributed by atoms with Crippen LogP contribution >= 0.6 is 0 Å². The first-order valence-electron chi connectivity index (χ1n) is 7.49. The quantitative estimate of drug-likeness (QED) is 0.829. The molecule has 0 radical (unpaired) electrons. The van der Waals surface area contributed by atoms with E-state index in [2.05, 4.69) is 4.98 Å². The Morgan fingerprint density at radius 2 is 2.04 bits per heavy atom. The number of amides is 1. The van der Waals surface area contributed by atoms with Gasteiger partial charge >= 0.3 is 12.3 Å². The predicted molar refractivity (Wildman–Crippen MR) is 79.7 cm³/mol. The van der Waals surface area contributed by atoms with E-state index in [0.717, 1.165) is 0 Å². The summed E-state index contributed by atoms with van der Waals surface area (Å²) in [6, 6.07) is 3.13. The van der Waals surface area contributed by atoms with E-state index in [0.29, 0.717) is 18.8 Å².